The van der Waals surface area contributed by atoms with E-state index >= 15 is 0 Å². The summed E-state index contributed by atoms with van der Waals surface area (Å²) in [6.45, 7) is 0.569. The highest BCUT2D eigenvalue weighted by molar-refractivity contribution is 7.90. The molecule has 0 saturated carbocycles. The average molecular weight is 264 g/mol. The van der Waals surface area contributed by atoms with Crippen LogP contribution in [0.3, 0.4) is 0 Å². The van der Waals surface area contributed by atoms with Crippen LogP contribution in [0.1, 0.15) is 22.8 Å². The Kier molecular flexibility index (Phi) is 3.24. The molecule has 0 radical (unpaired) electrons. The first-order chi connectivity index (χ1) is 7.51. The summed E-state index contributed by atoms with van der Waals surface area (Å²) in [5, 5.41) is 8.73. The zero-order chi connectivity index (χ0) is 13.4. The van der Waals surface area contributed by atoms with Crippen molar-refractivity contribution in [2.45, 2.75) is 17.7 Å². The third-order valence-corrected chi connectivity index (χ3v) is 3.18. The first kappa shape index (κ1) is 13.6. The van der Waals surface area contributed by atoms with Gasteiger partial charge in [-0.3, -0.25) is 0 Å². The molecule has 4 nitrogen and oxygen atoms in total. The molecule has 94 valence electrons. The van der Waals surface area contributed by atoms with Gasteiger partial charge < -0.3 is 5.11 Å². The van der Waals surface area contributed by atoms with Crippen molar-refractivity contribution in [3.05, 3.63) is 29.3 Å². The molecule has 0 aromatic heterocycles. The molecule has 0 atom stereocenters. The largest absolute Gasteiger partial charge is 0.478 e. The van der Waals surface area contributed by atoms with Gasteiger partial charge in [-0.05, 0) is 18.2 Å². The maximum absolute atomic E-state index is 13.1. The summed E-state index contributed by atoms with van der Waals surface area (Å²) in [7, 11) is -3.74. The molecule has 0 heterocycles. The van der Waals surface area contributed by atoms with Crippen LogP contribution in [0.4, 0.5) is 8.78 Å². The summed E-state index contributed by atoms with van der Waals surface area (Å²) in [5.74, 6) is -4.76. The molecule has 1 aromatic carbocycles. The number of halogens is 2. The number of benzene rings is 1. The fourth-order valence-corrected chi connectivity index (χ4v) is 1.87. The second-order valence-electron chi connectivity index (χ2n) is 3.71. The van der Waals surface area contributed by atoms with Crippen molar-refractivity contribution >= 4 is 15.8 Å². The van der Waals surface area contributed by atoms with Crippen LogP contribution in [-0.4, -0.2) is 25.7 Å². The number of alkyl halides is 2. The van der Waals surface area contributed by atoms with Crippen molar-refractivity contribution in [3.8, 4) is 0 Å². The predicted molar refractivity (Wildman–Crippen MR) is 56.1 cm³/mol. The summed E-state index contributed by atoms with van der Waals surface area (Å²) in [6.07, 6.45) is 0.825. The number of carboxylic acid groups (broad SMARTS) is 1. The Morgan fingerprint density at radius 3 is 2.18 bits per heavy atom. The topological polar surface area (TPSA) is 71.4 Å². The predicted octanol–water partition coefficient (Wildman–Crippen LogP) is 1.90. The van der Waals surface area contributed by atoms with Gasteiger partial charge in [-0.25, -0.2) is 22.0 Å². The van der Waals surface area contributed by atoms with Crippen LogP contribution in [0.25, 0.3) is 0 Å². The highest BCUT2D eigenvalue weighted by Gasteiger charge is 2.27. The van der Waals surface area contributed by atoms with E-state index in [1.54, 1.807) is 0 Å². The molecule has 7 heteroatoms. The average Bonchev–Trinajstić information content (AvgIpc) is 2.14. The monoisotopic (exact) mass is 264 g/mol. The van der Waals surface area contributed by atoms with Crippen LogP contribution < -0.4 is 0 Å². The maximum atomic E-state index is 13.1. The van der Waals surface area contributed by atoms with E-state index in [0.29, 0.717) is 6.92 Å². The smallest absolute Gasteiger partial charge is 0.335 e. The fraction of sp³-hybridized carbons (Fsp3) is 0.300. The van der Waals surface area contributed by atoms with Gasteiger partial charge in [-0.2, -0.15) is 0 Å². The number of carbonyl (C=O) groups is 1. The Labute approximate surface area is 96.8 Å². The molecule has 0 fully saturated rings. The number of carboxylic acids is 1. The minimum atomic E-state index is -3.74. The van der Waals surface area contributed by atoms with Crippen LogP contribution in [0, 0.1) is 0 Å². The lowest BCUT2D eigenvalue weighted by Crippen LogP contribution is -2.11. The van der Waals surface area contributed by atoms with Gasteiger partial charge in [0, 0.05) is 18.7 Å². The van der Waals surface area contributed by atoms with Gasteiger partial charge in [-0.15, -0.1) is 0 Å². The minimum absolute atomic E-state index is 0.436. The van der Waals surface area contributed by atoms with Crippen molar-refractivity contribution in [2.75, 3.05) is 6.26 Å². The Morgan fingerprint density at radius 1 is 1.29 bits per heavy atom. The maximum Gasteiger partial charge on any atom is 0.335 e. The lowest BCUT2D eigenvalue weighted by molar-refractivity contribution is 0.0172. The standard InChI is InChI=1S/C10H10F2O4S/c1-10(11,12)7-3-6(9(13)14)4-8(5-7)17(2,15)16/h3-5H,1-2H3,(H,13,14). The van der Waals surface area contributed by atoms with Gasteiger partial charge in [-0.1, -0.05) is 0 Å². The van der Waals surface area contributed by atoms with E-state index in [2.05, 4.69) is 0 Å². The van der Waals surface area contributed by atoms with E-state index in [4.69, 9.17) is 5.11 Å². The van der Waals surface area contributed by atoms with E-state index in [-0.39, 0.29) is 0 Å². The molecule has 0 bridgehead atoms. The van der Waals surface area contributed by atoms with Gasteiger partial charge in [0.2, 0.25) is 0 Å². The molecule has 0 aliphatic heterocycles. The Morgan fingerprint density at radius 2 is 1.82 bits per heavy atom. The van der Waals surface area contributed by atoms with Crippen molar-refractivity contribution in [2.24, 2.45) is 0 Å². The van der Waals surface area contributed by atoms with Crippen molar-refractivity contribution in [1.29, 1.82) is 0 Å². The van der Waals surface area contributed by atoms with Crippen LogP contribution in [0.15, 0.2) is 23.1 Å². The molecule has 0 unspecified atom stereocenters. The summed E-state index contributed by atoms with van der Waals surface area (Å²) in [5.41, 5.74) is -1.12. The molecular weight excluding hydrogens is 254 g/mol. The third kappa shape index (κ3) is 3.23. The molecule has 0 aliphatic carbocycles. The van der Waals surface area contributed by atoms with Crippen molar-refractivity contribution < 1.29 is 27.1 Å². The number of hydrogen-bond acceptors (Lipinski definition) is 3. The van der Waals surface area contributed by atoms with E-state index in [0.717, 1.165) is 24.5 Å². The normalized spacial score (nSPS) is 12.5. The second-order valence-corrected chi connectivity index (χ2v) is 5.73. The van der Waals surface area contributed by atoms with E-state index in [1.807, 2.05) is 0 Å². The van der Waals surface area contributed by atoms with Gasteiger partial charge in [0.15, 0.2) is 9.84 Å². The second kappa shape index (κ2) is 4.06. The van der Waals surface area contributed by atoms with Gasteiger partial charge in [0.1, 0.15) is 0 Å². The third-order valence-electron chi connectivity index (χ3n) is 2.09. The van der Waals surface area contributed by atoms with Gasteiger partial charge >= 0.3 is 5.97 Å². The molecular formula is C10H10F2O4S. The summed E-state index contributed by atoms with van der Waals surface area (Å²) >= 11 is 0. The first-order valence-electron chi connectivity index (χ1n) is 4.48. The van der Waals surface area contributed by atoms with Gasteiger partial charge in [0.05, 0.1) is 10.5 Å². The molecule has 0 amide bonds. The SMILES string of the molecule is CC(F)(F)c1cc(C(=O)O)cc(S(C)(=O)=O)c1. The van der Waals surface area contributed by atoms with Crippen LogP contribution in [0.2, 0.25) is 0 Å². The number of rotatable bonds is 3. The first-order valence-corrected chi connectivity index (χ1v) is 6.37. The van der Waals surface area contributed by atoms with Gasteiger partial charge in [0.25, 0.3) is 5.92 Å². The number of sulfone groups is 1. The Hall–Kier alpha value is -1.50. The van der Waals surface area contributed by atoms with Crippen LogP contribution >= 0.6 is 0 Å². The summed E-state index contributed by atoms with van der Waals surface area (Å²) in [6, 6.07) is 2.39. The molecule has 0 spiro atoms. The minimum Gasteiger partial charge on any atom is -0.478 e. The highest BCUT2D eigenvalue weighted by atomic mass is 32.2. The molecule has 0 aliphatic rings. The Balaban J connectivity index is 3.56. The van der Waals surface area contributed by atoms with E-state index in [1.165, 1.54) is 0 Å². The van der Waals surface area contributed by atoms with Crippen LogP contribution in [0.5, 0.6) is 0 Å². The molecule has 1 aromatic rings. The zero-order valence-electron chi connectivity index (χ0n) is 9.07. The van der Waals surface area contributed by atoms with Crippen LogP contribution in [-0.2, 0) is 15.8 Å². The fourth-order valence-electron chi connectivity index (χ4n) is 1.19. The molecule has 1 rings (SSSR count). The number of hydrogen-bond donors (Lipinski definition) is 1. The quantitative estimate of drug-likeness (QED) is 0.905. The highest BCUT2D eigenvalue weighted by Crippen LogP contribution is 2.29. The molecule has 1 N–H and O–H groups in total. The van der Waals surface area contributed by atoms with Crippen molar-refractivity contribution in [1.82, 2.24) is 0 Å². The summed E-state index contributed by atoms with van der Waals surface area (Å²) in [4.78, 5) is 10.3. The van der Waals surface area contributed by atoms with E-state index in [9.17, 15) is 22.0 Å². The zero-order valence-corrected chi connectivity index (χ0v) is 9.88. The Bertz CT molecular complexity index is 558. The lowest BCUT2D eigenvalue weighted by atomic mass is 10.1. The lowest BCUT2D eigenvalue weighted by Gasteiger charge is -2.12. The van der Waals surface area contributed by atoms with Crippen molar-refractivity contribution in [3.63, 3.8) is 0 Å². The number of aromatic carboxylic acids is 1. The van der Waals surface area contributed by atoms with E-state index < -0.39 is 37.8 Å². The molecule has 0 saturated heterocycles. The molecule has 17 heavy (non-hydrogen) atoms. The summed E-state index contributed by atoms with van der Waals surface area (Å²) < 4.78 is 48.7.